The van der Waals surface area contributed by atoms with E-state index in [1.807, 2.05) is 29.8 Å². The van der Waals surface area contributed by atoms with Crippen molar-refractivity contribution in [2.75, 3.05) is 20.3 Å². The topological polar surface area (TPSA) is 122 Å². The molecular formula is C31H33ClN4O7S. The van der Waals surface area contributed by atoms with E-state index in [4.69, 9.17) is 30.0 Å². The molecule has 9 bridgehead atoms. The molecule has 3 aliphatic rings. The molecule has 4 aromatic rings. The maximum absolute atomic E-state index is 13.3. The van der Waals surface area contributed by atoms with Gasteiger partial charge in [-0.2, -0.15) is 12.7 Å². The van der Waals surface area contributed by atoms with Crippen molar-refractivity contribution in [2.24, 2.45) is 0 Å². The summed E-state index contributed by atoms with van der Waals surface area (Å²) in [6.07, 6.45) is 1.64. The Balaban J connectivity index is 1.51. The van der Waals surface area contributed by atoms with Gasteiger partial charge in [-0.25, -0.2) is 4.68 Å². The number of carbonyl (C=O) groups excluding carboxylic acids is 1. The second kappa shape index (κ2) is 12.3. The van der Waals surface area contributed by atoms with Gasteiger partial charge < -0.3 is 18.4 Å². The smallest absolute Gasteiger partial charge is 0.385 e. The molecule has 44 heavy (non-hydrogen) atoms. The minimum Gasteiger partial charge on any atom is -0.495 e. The van der Waals surface area contributed by atoms with Crippen molar-refractivity contribution in [3.63, 3.8) is 0 Å². The van der Waals surface area contributed by atoms with Crippen LogP contribution in [-0.2, 0) is 39.5 Å². The van der Waals surface area contributed by atoms with E-state index in [0.29, 0.717) is 41.3 Å². The summed E-state index contributed by atoms with van der Waals surface area (Å²) < 4.78 is 52.1. The highest BCUT2D eigenvalue weighted by atomic mass is 35.5. The molecule has 0 amide bonds. The number of ether oxygens (including phenoxy) is 3. The minimum absolute atomic E-state index is 0.0394. The fraction of sp³-hybridized carbons (Fsp3) is 0.387. The van der Waals surface area contributed by atoms with Crippen LogP contribution in [0.2, 0.25) is 5.02 Å². The van der Waals surface area contributed by atoms with Gasteiger partial charge in [-0.15, -0.1) is 5.10 Å². The molecule has 11 nitrogen and oxygen atoms in total. The van der Waals surface area contributed by atoms with Crippen molar-refractivity contribution in [3.05, 3.63) is 75.3 Å². The van der Waals surface area contributed by atoms with Crippen LogP contribution in [0.15, 0.2) is 42.5 Å². The van der Waals surface area contributed by atoms with Crippen molar-refractivity contribution in [1.82, 2.24) is 19.3 Å². The number of halogens is 1. The first-order valence-corrected chi connectivity index (χ1v) is 16.2. The monoisotopic (exact) mass is 640 g/mol. The third kappa shape index (κ3) is 5.81. The molecular weight excluding hydrogens is 608 g/mol. The Hall–Kier alpha value is -3.87. The maximum Gasteiger partial charge on any atom is 0.385 e. The number of hydrogen-bond donors (Lipinski definition) is 0. The molecule has 0 radical (unpaired) electrons. The van der Waals surface area contributed by atoms with Crippen LogP contribution < -0.4 is 13.7 Å². The van der Waals surface area contributed by atoms with E-state index in [-0.39, 0.29) is 42.9 Å². The summed E-state index contributed by atoms with van der Waals surface area (Å²) >= 11 is 6.77. The third-order valence-corrected chi connectivity index (χ3v) is 9.61. The number of esters is 1. The van der Waals surface area contributed by atoms with E-state index >= 15 is 0 Å². The van der Waals surface area contributed by atoms with Gasteiger partial charge in [0.25, 0.3) is 0 Å². The van der Waals surface area contributed by atoms with Crippen LogP contribution in [0.5, 0.6) is 17.2 Å². The van der Waals surface area contributed by atoms with Gasteiger partial charge in [0.05, 0.1) is 37.3 Å². The number of nitrogens with zero attached hydrogens (tertiary/aromatic N) is 4. The molecule has 0 saturated heterocycles. The molecule has 13 heteroatoms. The molecule has 0 N–H and O–H groups in total. The van der Waals surface area contributed by atoms with Gasteiger partial charge >= 0.3 is 16.3 Å². The molecule has 1 aromatic heterocycles. The first-order chi connectivity index (χ1) is 21.2. The highest BCUT2D eigenvalue weighted by molar-refractivity contribution is 7.84. The van der Waals surface area contributed by atoms with Crippen molar-refractivity contribution >= 4 is 38.9 Å². The summed E-state index contributed by atoms with van der Waals surface area (Å²) in [7, 11) is -2.66. The van der Waals surface area contributed by atoms with Crippen LogP contribution in [0.25, 0.3) is 11.0 Å². The molecule has 2 unspecified atom stereocenters. The molecule has 3 aromatic carbocycles. The number of rotatable bonds is 4. The Labute approximate surface area is 260 Å². The van der Waals surface area contributed by atoms with Gasteiger partial charge in [0, 0.05) is 36.7 Å². The van der Waals surface area contributed by atoms with Gasteiger partial charge in [0.1, 0.15) is 22.8 Å². The summed E-state index contributed by atoms with van der Waals surface area (Å²) in [5, 5.41) is 9.19. The van der Waals surface area contributed by atoms with Gasteiger partial charge in [0.15, 0.2) is 0 Å². The Morgan fingerprint density at radius 3 is 2.73 bits per heavy atom. The van der Waals surface area contributed by atoms with E-state index in [1.54, 1.807) is 31.2 Å². The zero-order valence-corrected chi connectivity index (χ0v) is 26.3. The fourth-order valence-electron chi connectivity index (χ4n) is 5.90. The SMILES string of the molecule is CCOC(=O)CC1c2cc(Cl)c(OC)c(c2)CN2Cc3cc(ccc3OS2(=O)=O)OCCCCn2nnc3c(C)c1ccc32. The molecule has 0 saturated carbocycles. The Bertz CT molecular complexity index is 1840. The van der Waals surface area contributed by atoms with E-state index in [2.05, 4.69) is 10.3 Å². The number of benzene rings is 3. The zero-order chi connectivity index (χ0) is 31.0. The Morgan fingerprint density at radius 1 is 1.11 bits per heavy atom. The first kappa shape index (κ1) is 30.2. The number of methoxy groups -OCH3 is 1. The molecule has 0 fully saturated rings. The average Bonchev–Trinajstić information content (AvgIpc) is 3.40. The standard InChI is InChI=1S/C31H33ClN4O7S/c1-4-41-29(37)16-25-20-13-22(31(40-3)26(32)15-20)18-35-17-21-14-23(7-10-28(21)43-44(35,38)39)42-12-6-5-11-36-27-9-8-24(25)19(2)30(27)33-34-36/h7-10,13-15,25H,4-6,11-12,16-18H2,1-3H3. The molecule has 7 rings (SSSR count). The van der Waals surface area contributed by atoms with Crippen molar-refractivity contribution < 1.29 is 31.6 Å². The maximum atomic E-state index is 13.3. The number of fused-ring (bicyclic) bond motifs is 5. The average molecular weight is 641 g/mol. The van der Waals surface area contributed by atoms with Crippen LogP contribution in [0.3, 0.4) is 0 Å². The predicted molar refractivity (Wildman–Crippen MR) is 163 cm³/mol. The molecule has 4 heterocycles. The highest BCUT2D eigenvalue weighted by Gasteiger charge is 2.34. The quantitative estimate of drug-likeness (QED) is 0.274. The van der Waals surface area contributed by atoms with E-state index < -0.39 is 16.2 Å². The summed E-state index contributed by atoms with van der Waals surface area (Å²) in [5.41, 5.74) is 5.28. The van der Waals surface area contributed by atoms with Gasteiger partial charge in [-0.1, -0.05) is 28.9 Å². The third-order valence-electron chi connectivity index (χ3n) is 8.05. The lowest BCUT2D eigenvalue weighted by atomic mass is 9.84. The molecule has 232 valence electrons. The van der Waals surface area contributed by atoms with E-state index in [0.717, 1.165) is 35.0 Å². The van der Waals surface area contributed by atoms with Gasteiger partial charge in [0.2, 0.25) is 0 Å². The molecule has 0 spiro atoms. The highest BCUT2D eigenvalue weighted by Crippen LogP contribution is 2.41. The summed E-state index contributed by atoms with van der Waals surface area (Å²) in [5.74, 6) is 0.384. The number of hydrogen-bond acceptors (Lipinski definition) is 9. The lowest BCUT2D eigenvalue weighted by Crippen LogP contribution is -2.37. The van der Waals surface area contributed by atoms with Crippen LogP contribution in [0.1, 0.15) is 59.9 Å². The number of aryl methyl sites for hydroxylation is 2. The largest absolute Gasteiger partial charge is 0.495 e. The lowest BCUT2D eigenvalue weighted by molar-refractivity contribution is -0.143. The Kier molecular flexibility index (Phi) is 8.40. The predicted octanol–water partition coefficient (Wildman–Crippen LogP) is 5.30. The van der Waals surface area contributed by atoms with E-state index in [1.165, 1.54) is 11.4 Å². The minimum atomic E-state index is -4.13. The van der Waals surface area contributed by atoms with Crippen LogP contribution in [-0.4, -0.2) is 54.0 Å². The number of carbonyl (C=O) groups is 1. The van der Waals surface area contributed by atoms with Crippen LogP contribution in [0, 0.1) is 6.92 Å². The summed E-state index contributed by atoms with van der Waals surface area (Å²) in [4.78, 5) is 12.9. The van der Waals surface area contributed by atoms with Crippen molar-refractivity contribution in [2.45, 2.75) is 58.7 Å². The fourth-order valence-corrected chi connectivity index (χ4v) is 7.32. The molecule has 0 aliphatic carbocycles. The Morgan fingerprint density at radius 2 is 1.93 bits per heavy atom. The summed E-state index contributed by atoms with van der Waals surface area (Å²) in [6.45, 7) is 5.09. The summed E-state index contributed by atoms with van der Waals surface area (Å²) in [6, 6.07) is 12.7. The second-order valence-corrected chi connectivity index (χ2v) is 12.8. The van der Waals surface area contributed by atoms with Crippen LogP contribution >= 0.6 is 11.6 Å². The first-order valence-electron chi connectivity index (χ1n) is 14.5. The normalized spacial score (nSPS) is 19.4. The second-order valence-electron chi connectivity index (χ2n) is 10.9. The molecule has 2 atom stereocenters. The van der Waals surface area contributed by atoms with Crippen molar-refractivity contribution in [1.29, 1.82) is 0 Å². The molecule has 3 aliphatic heterocycles. The van der Waals surface area contributed by atoms with Crippen molar-refractivity contribution in [3.8, 4) is 17.2 Å². The zero-order valence-electron chi connectivity index (χ0n) is 24.7. The number of aromatic nitrogens is 3. The van der Waals surface area contributed by atoms with E-state index in [9.17, 15) is 13.2 Å². The van der Waals surface area contributed by atoms with Gasteiger partial charge in [-0.3, -0.25) is 4.79 Å². The van der Waals surface area contributed by atoms with Gasteiger partial charge in [-0.05, 0) is 73.7 Å². The lowest BCUT2D eigenvalue weighted by Gasteiger charge is -2.29. The van der Waals surface area contributed by atoms with Crippen LogP contribution in [0.4, 0.5) is 0 Å².